The van der Waals surface area contributed by atoms with Crippen molar-refractivity contribution in [2.24, 2.45) is 7.05 Å². The smallest absolute Gasteiger partial charge is 0.164 e. The van der Waals surface area contributed by atoms with E-state index >= 15 is 0 Å². The Kier molecular flexibility index (Phi) is 8.32. The number of aliphatic hydroxyl groups is 1. The molecule has 2 atom stereocenters. The van der Waals surface area contributed by atoms with Crippen LogP contribution in [0.4, 0.5) is 15.9 Å². The molecular formula is C31H35FN6O. The minimum Gasteiger partial charge on any atom is -0.390 e. The number of allylic oxidation sites excluding steroid dienone is 2. The largest absolute Gasteiger partial charge is 0.390 e. The fourth-order valence-electron chi connectivity index (χ4n) is 4.70. The first-order chi connectivity index (χ1) is 18.6. The summed E-state index contributed by atoms with van der Waals surface area (Å²) < 4.78 is 14.5. The number of nitrogens with two attached hydrogens (primary N) is 1. The summed E-state index contributed by atoms with van der Waals surface area (Å²) in [5, 5.41) is 18.3. The zero-order valence-corrected chi connectivity index (χ0v) is 23.1. The van der Waals surface area contributed by atoms with Crippen molar-refractivity contribution in [1.29, 1.82) is 0 Å². The van der Waals surface area contributed by atoms with Gasteiger partial charge in [0.2, 0.25) is 0 Å². The summed E-state index contributed by atoms with van der Waals surface area (Å²) in [6, 6.07) is 12.7. The van der Waals surface area contributed by atoms with Gasteiger partial charge in [-0.3, -0.25) is 0 Å². The molecule has 1 unspecified atom stereocenters. The second-order valence-electron chi connectivity index (χ2n) is 10.1. The van der Waals surface area contributed by atoms with Crippen LogP contribution in [-0.2, 0) is 7.05 Å². The highest BCUT2D eigenvalue weighted by Gasteiger charge is 2.41. The molecule has 7 nitrogen and oxygen atoms in total. The molecule has 2 aromatic carbocycles. The van der Waals surface area contributed by atoms with E-state index < -0.39 is 5.60 Å². The van der Waals surface area contributed by atoms with Crippen molar-refractivity contribution in [2.45, 2.75) is 58.5 Å². The highest BCUT2D eigenvalue weighted by molar-refractivity contribution is 5.90. The quantitative estimate of drug-likeness (QED) is 0.289. The molecule has 1 aliphatic rings. The Labute approximate surface area is 229 Å². The highest BCUT2D eigenvalue weighted by atomic mass is 19.1. The predicted octanol–water partition coefficient (Wildman–Crippen LogP) is 5.83. The molecule has 5 rings (SSSR count). The molecule has 1 fully saturated rings. The highest BCUT2D eigenvalue weighted by Crippen LogP contribution is 2.45. The average molecular weight is 527 g/mol. The lowest BCUT2D eigenvalue weighted by Gasteiger charge is -2.43. The maximum absolute atomic E-state index is 12.9. The molecule has 39 heavy (non-hydrogen) atoms. The van der Waals surface area contributed by atoms with E-state index in [1.807, 2.05) is 33.0 Å². The van der Waals surface area contributed by atoms with E-state index in [0.717, 1.165) is 47.3 Å². The van der Waals surface area contributed by atoms with Gasteiger partial charge >= 0.3 is 0 Å². The van der Waals surface area contributed by atoms with Crippen LogP contribution in [0.3, 0.4) is 0 Å². The predicted molar refractivity (Wildman–Crippen MR) is 155 cm³/mol. The van der Waals surface area contributed by atoms with Crippen molar-refractivity contribution in [1.82, 2.24) is 19.7 Å². The Hall–Kier alpha value is -4.22. The lowest BCUT2D eigenvalue weighted by atomic mass is 9.67. The van der Waals surface area contributed by atoms with E-state index in [0.29, 0.717) is 22.5 Å². The molecule has 0 spiro atoms. The minimum atomic E-state index is -0.631. The third-order valence-corrected chi connectivity index (χ3v) is 7.00. The molecule has 8 heteroatoms. The third kappa shape index (κ3) is 6.44. The minimum absolute atomic E-state index is 0.114. The molecule has 0 amide bonds. The van der Waals surface area contributed by atoms with E-state index in [4.69, 9.17) is 5.73 Å². The van der Waals surface area contributed by atoms with Gasteiger partial charge in [-0.1, -0.05) is 37.1 Å². The molecule has 0 aliphatic heterocycles. The standard InChI is InChI=1S/C20H22N6.C11H13FO/c1-5-6-14(3)24-16-9-7-13(2)15(11-16)8-10-17-18-19(21)22-12-23-20(18)26(4)25-17;1-11(13)6-5-10(11)8-3-2-4-9(12)7-8/h6-7,9,11-12,24H,5H2,1-4H3,(H2,21,22,23);2-4,7,10,13H,5-6H2,1H3/b14-6+;/t;10-,11?/m.1/s1. The van der Waals surface area contributed by atoms with Gasteiger partial charge in [-0.25, -0.2) is 19.0 Å². The molecule has 202 valence electrons. The Morgan fingerprint density at radius 3 is 2.72 bits per heavy atom. The molecule has 2 aromatic heterocycles. The maximum atomic E-state index is 12.9. The summed E-state index contributed by atoms with van der Waals surface area (Å²) in [6.45, 7) is 8.02. The number of anilines is 2. The number of nitrogens with zero attached hydrogens (tertiary/aromatic N) is 4. The van der Waals surface area contributed by atoms with Gasteiger partial charge in [0.05, 0.1) is 11.0 Å². The number of nitrogens with one attached hydrogen (secondary N) is 1. The number of halogens is 1. The monoisotopic (exact) mass is 526 g/mol. The fourth-order valence-corrected chi connectivity index (χ4v) is 4.70. The summed E-state index contributed by atoms with van der Waals surface area (Å²) >= 11 is 0. The summed E-state index contributed by atoms with van der Waals surface area (Å²) in [5.41, 5.74) is 11.7. The third-order valence-electron chi connectivity index (χ3n) is 7.00. The molecule has 0 radical (unpaired) electrons. The van der Waals surface area contributed by atoms with E-state index in [1.54, 1.807) is 10.7 Å². The summed E-state index contributed by atoms with van der Waals surface area (Å²) in [4.78, 5) is 8.27. The van der Waals surface area contributed by atoms with Crippen LogP contribution in [0.1, 0.15) is 68.3 Å². The lowest BCUT2D eigenvalue weighted by molar-refractivity contribution is -0.0406. The van der Waals surface area contributed by atoms with Gasteiger partial charge in [0.25, 0.3) is 0 Å². The van der Waals surface area contributed by atoms with E-state index in [-0.39, 0.29) is 11.7 Å². The molecular weight excluding hydrogens is 491 g/mol. The Balaban J connectivity index is 0.000000226. The van der Waals surface area contributed by atoms with Gasteiger partial charge in [-0.05, 0) is 81.3 Å². The van der Waals surface area contributed by atoms with Crippen molar-refractivity contribution >= 4 is 22.5 Å². The zero-order chi connectivity index (χ0) is 28.2. The van der Waals surface area contributed by atoms with Gasteiger partial charge in [0, 0.05) is 29.9 Å². The van der Waals surface area contributed by atoms with Gasteiger partial charge < -0.3 is 16.2 Å². The van der Waals surface area contributed by atoms with Crippen LogP contribution in [0, 0.1) is 24.6 Å². The molecule has 0 bridgehead atoms. The lowest BCUT2D eigenvalue weighted by Crippen LogP contribution is -2.42. The summed E-state index contributed by atoms with van der Waals surface area (Å²) in [6.07, 6.45) is 6.34. The van der Waals surface area contributed by atoms with E-state index in [9.17, 15) is 9.50 Å². The van der Waals surface area contributed by atoms with Crippen LogP contribution in [0.2, 0.25) is 0 Å². The zero-order valence-electron chi connectivity index (χ0n) is 23.1. The first-order valence-corrected chi connectivity index (χ1v) is 13.1. The number of benzene rings is 2. The van der Waals surface area contributed by atoms with Crippen molar-refractivity contribution in [2.75, 3.05) is 11.1 Å². The molecule has 4 N–H and O–H groups in total. The van der Waals surface area contributed by atoms with E-state index in [1.165, 1.54) is 18.5 Å². The maximum Gasteiger partial charge on any atom is 0.164 e. The topological polar surface area (TPSA) is 102 Å². The number of rotatable bonds is 4. The first kappa shape index (κ1) is 27.8. The van der Waals surface area contributed by atoms with Gasteiger partial charge in [-0.15, -0.1) is 0 Å². The summed E-state index contributed by atoms with van der Waals surface area (Å²) in [7, 11) is 1.82. The van der Waals surface area contributed by atoms with Crippen LogP contribution in [0.5, 0.6) is 0 Å². The number of hydrogen-bond acceptors (Lipinski definition) is 6. The molecule has 1 saturated carbocycles. The fraction of sp³-hybridized carbons (Fsp3) is 0.323. The van der Waals surface area contributed by atoms with Crippen molar-refractivity contribution in [3.05, 3.63) is 88.8 Å². The van der Waals surface area contributed by atoms with Gasteiger partial charge in [-0.2, -0.15) is 5.10 Å². The Bertz CT molecular complexity index is 1580. The summed E-state index contributed by atoms with van der Waals surface area (Å²) in [5.74, 6) is 6.62. The van der Waals surface area contributed by atoms with E-state index in [2.05, 4.69) is 64.3 Å². The first-order valence-electron chi connectivity index (χ1n) is 13.1. The van der Waals surface area contributed by atoms with Crippen LogP contribution >= 0.6 is 0 Å². The number of nitrogen functional groups attached to an aromatic ring is 1. The van der Waals surface area contributed by atoms with Crippen LogP contribution in [-0.4, -0.2) is 30.5 Å². The molecule has 0 saturated heterocycles. The van der Waals surface area contributed by atoms with Gasteiger partial charge in [0.1, 0.15) is 23.7 Å². The van der Waals surface area contributed by atoms with Crippen LogP contribution < -0.4 is 11.1 Å². The number of hydrogen-bond donors (Lipinski definition) is 3. The average Bonchev–Trinajstić information content (AvgIpc) is 3.21. The number of fused-ring (bicyclic) bond motifs is 1. The Morgan fingerprint density at radius 1 is 1.26 bits per heavy atom. The Morgan fingerprint density at radius 2 is 2.05 bits per heavy atom. The second-order valence-corrected chi connectivity index (χ2v) is 10.1. The molecule has 2 heterocycles. The van der Waals surface area contributed by atoms with Crippen molar-refractivity contribution < 1.29 is 9.50 Å². The SMILES string of the molecule is CC/C=C(\C)Nc1ccc(C)c(C#Cc2nn(C)c3ncnc(N)c23)c1.CC1(O)CC[C@@H]1c1cccc(F)c1. The van der Waals surface area contributed by atoms with Crippen LogP contribution in [0.25, 0.3) is 11.0 Å². The second kappa shape index (κ2) is 11.7. The van der Waals surface area contributed by atoms with Crippen molar-refractivity contribution in [3.63, 3.8) is 0 Å². The normalized spacial score (nSPS) is 18.4. The molecule has 4 aromatic rings. The van der Waals surface area contributed by atoms with Crippen molar-refractivity contribution in [3.8, 4) is 11.8 Å². The number of aryl methyl sites for hydroxylation is 2. The van der Waals surface area contributed by atoms with Gasteiger partial charge in [0.15, 0.2) is 5.65 Å². The number of aromatic nitrogens is 4. The molecule has 1 aliphatic carbocycles. The van der Waals surface area contributed by atoms with Crippen LogP contribution in [0.15, 0.2) is 60.6 Å².